The average molecular weight is 899 g/mol. The largest absolute Gasteiger partial charge is 0.456 e. The lowest BCUT2D eigenvalue weighted by molar-refractivity contribution is -0.346. The number of aliphatic hydroxyl groups excluding tert-OH is 2. The van der Waals surface area contributed by atoms with Crippen molar-refractivity contribution in [2.24, 2.45) is 16.7 Å². The number of rotatable bonds is 11. The van der Waals surface area contributed by atoms with E-state index in [2.05, 4.69) is 10.6 Å². The zero-order chi connectivity index (χ0) is 46.4. The second kappa shape index (κ2) is 17.8. The fraction of sp³-hybridized carbons (Fsp3) is 0.458. The number of carbonyl (C=O) groups excluding carboxylic acids is 5. The van der Waals surface area contributed by atoms with Crippen molar-refractivity contribution in [3.63, 3.8) is 0 Å². The maximum Gasteiger partial charge on any atom is 0.338 e. The number of ether oxygens (including phenoxy) is 5. The number of Topliss-reactive ketones (excluding diaryl/α,β-unsaturated/α-hetero) is 1. The minimum absolute atomic E-state index is 0.0268. The van der Waals surface area contributed by atoms with Crippen molar-refractivity contribution in [2.45, 2.75) is 115 Å². The summed E-state index contributed by atoms with van der Waals surface area (Å²) >= 11 is 5.60. The van der Waals surface area contributed by atoms with Gasteiger partial charge in [-0.25, -0.2) is 9.59 Å². The number of aliphatic hydroxyl groups is 3. The Morgan fingerprint density at radius 2 is 1.50 bits per heavy atom. The van der Waals surface area contributed by atoms with E-state index in [0.29, 0.717) is 12.1 Å². The predicted molar refractivity (Wildman–Crippen MR) is 233 cm³/mol. The van der Waals surface area contributed by atoms with Gasteiger partial charge in [-0.05, 0) is 60.5 Å². The summed E-state index contributed by atoms with van der Waals surface area (Å²) in [5.74, 6) is -6.08. The lowest BCUT2D eigenvalue weighted by Crippen LogP contribution is -2.82. The van der Waals surface area contributed by atoms with E-state index in [1.54, 1.807) is 69.3 Å². The molecular weight excluding hydrogens is 845 g/mol. The Bertz CT molecular complexity index is 2330. The van der Waals surface area contributed by atoms with Gasteiger partial charge in [0, 0.05) is 38.6 Å². The molecule has 3 aliphatic carbocycles. The van der Waals surface area contributed by atoms with Crippen LogP contribution in [-0.2, 0) is 49.4 Å². The first-order valence-electron chi connectivity index (χ1n) is 21.2. The van der Waals surface area contributed by atoms with Crippen LogP contribution in [0.1, 0.15) is 81.9 Å². The van der Waals surface area contributed by atoms with E-state index < -0.39 is 107 Å². The second-order valence-electron chi connectivity index (χ2n) is 17.8. The third kappa shape index (κ3) is 8.10. The Hall–Kier alpha value is -5.52. The molecule has 1 saturated heterocycles. The Morgan fingerprint density at radius 1 is 0.891 bits per heavy atom. The van der Waals surface area contributed by atoms with E-state index in [9.17, 15) is 34.5 Å². The van der Waals surface area contributed by atoms with Gasteiger partial charge in [0.2, 0.25) is 0 Å². The van der Waals surface area contributed by atoms with Crippen LogP contribution in [-0.4, -0.2) is 105 Å². The molecule has 3 fully saturated rings. The molecule has 16 heteroatoms. The van der Waals surface area contributed by atoms with Crippen LogP contribution in [0.5, 0.6) is 0 Å². The number of fused-ring (bicyclic) bond motifs is 5. The maximum absolute atomic E-state index is 15.5. The molecule has 4 aliphatic rings. The minimum Gasteiger partial charge on any atom is -0.456 e. The molecule has 340 valence electrons. The Morgan fingerprint density at radius 3 is 2.08 bits per heavy atom. The summed E-state index contributed by atoms with van der Waals surface area (Å²) in [6.07, 6.45) is -10.2. The van der Waals surface area contributed by atoms with E-state index >= 15 is 4.79 Å². The van der Waals surface area contributed by atoms with Gasteiger partial charge in [-0.1, -0.05) is 92.7 Å². The van der Waals surface area contributed by atoms with Crippen LogP contribution in [0.3, 0.4) is 0 Å². The number of nitrogens with one attached hydrogen (secondary N) is 2. The second-order valence-corrected chi connectivity index (χ2v) is 18.2. The highest BCUT2D eigenvalue weighted by molar-refractivity contribution is 7.80. The number of thiocarbonyl (C=S) groups is 1. The lowest BCUT2D eigenvalue weighted by Gasteiger charge is -2.67. The zero-order valence-corrected chi connectivity index (χ0v) is 37.3. The van der Waals surface area contributed by atoms with E-state index in [0.717, 1.165) is 19.4 Å². The molecular formula is C48H54N2O13S. The van der Waals surface area contributed by atoms with Crippen LogP contribution in [0.15, 0.2) is 102 Å². The molecule has 3 aromatic carbocycles. The van der Waals surface area contributed by atoms with Crippen molar-refractivity contribution < 1.29 is 63.0 Å². The standard InChI is InChI=1S/C48H54N2O13S/c1-26-32(61-43(57)37(54)36(30-18-12-8-13-19-30)50-44(64)49-24-29-16-10-7-11-17-29)23-48(58)41(62-42(56)31-20-14-9-15-21-31)39-46(6,33(53)22-34-47(39,25-59-34)63-28(3)52)40(55)38(60-27(2)51)35(26)45(48,4)5/h7-21,32-34,36-39,41,53-54,58H,22-25H2,1-6H3,(H2,49,50,64)/t32-,33-,34?,36-,37+,38+,39-,41-,46+,47-,48?/m0/s1. The topological polar surface area (TPSA) is 216 Å². The molecule has 5 N–H and O–H groups in total. The smallest absolute Gasteiger partial charge is 0.338 e. The van der Waals surface area contributed by atoms with Gasteiger partial charge in [-0.15, -0.1) is 0 Å². The summed E-state index contributed by atoms with van der Waals surface area (Å²) in [7, 11) is 0. The number of carbonyl (C=O) groups is 5. The van der Waals surface area contributed by atoms with Gasteiger partial charge >= 0.3 is 23.9 Å². The first kappa shape index (κ1) is 46.5. The Labute approximate surface area is 376 Å². The molecule has 1 heterocycles. The molecule has 2 unspecified atom stereocenters. The number of benzene rings is 3. The van der Waals surface area contributed by atoms with Crippen LogP contribution in [0.2, 0.25) is 0 Å². The number of ketones is 1. The number of hydrogen-bond donors (Lipinski definition) is 5. The van der Waals surface area contributed by atoms with E-state index in [4.69, 9.17) is 35.9 Å². The fourth-order valence-corrected chi connectivity index (χ4v) is 10.5. The van der Waals surface area contributed by atoms with E-state index in [1.807, 2.05) is 30.3 Å². The molecule has 3 aromatic rings. The van der Waals surface area contributed by atoms with Crippen molar-refractivity contribution in [1.29, 1.82) is 0 Å². The molecule has 2 bridgehead atoms. The van der Waals surface area contributed by atoms with Crippen molar-refractivity contribution in [3.8, 4) is 0 Å². The Kier molecular flexibility index (Phi) is 12.9. The number of hydrogen-bond acceptors (Lipinski definition) is 14. The van der Waals surface area contributed by atoms with E-state index in [-0.39, 0.29) is 34.8 Å². The van der Waals surface area contributed by atoms with E-state index in [1.165, 1.54) is 19.1 Å². The maximum atomic E-state index is 15.5. The first-order chi connectivity index (χ1) is 30.3. The highest BCUT2D eigenvalue weighted by Crippen LogP contribution is 2.64. The summed E-state index contributed by atoms with van der Waals surface area (Å²) < 4.78 is 30.4. The average Bonchev–Trinajstić information content (AvgIpc) is 3.26. The van der Waals surface area contributed by atoms with Crippen LogP contribution in [0.4, 0.5) is 0 Å². The van der Waals surface area contributed by atoms with Gasteiger partial charge < -0.3 is 49.6 Å². The van der Waals surface area contributed by atoms with Gasteiger partial charge in [-0.3, -0.25) is 14.4 Å². The normalized spacial score (nSPS) is 31.2. The molecule has 7 rings (SSSR count). The van der Waals surface area contributed by atoms with Crippen LogP contribution in [0, 0.1) is 16.7 Å². The van der Waals surface area contributed by atoms with Crippen molar-refractivity contribution in [1.82, 2.24) is 10.6 Å². The molecule has 0 radical (unpaired) electrons. The monoisotopic (exact) mass is 898 g/mol. The van der Waals surface area contributed by atoms with Crippen LogP contribution >= 0.6 is 12.2 Å². The third-order valence-corrected chi connectivity index (χ3v) is 14.0. The predicted octanol–water partition coefficient (Wildman–Crippen LogP) is 3.97. The van der Waals surface area contributed by atoms with Crippen molar-refractivity contribution >= 4 is 47.0 Å². The van der Waals surface area contributed by atoms with Crippen LogP contribution < -0.4 is 10.6 Å². The SMILES string of the molecule is CC(=O)O[C@H]1C(=O)[C@]2(C)[C@@H](O)CC3OC[C@@]3(OC(C)=O)[C@H]2[C@H](OC(=O)c2ccccc2)C2(O)C[C@H](OC(=O)[C@H](O)[C@@H](NC(=S)NCc3ccccc3)c3ccccc3)C(C)=C1C2(C)C. The minimum atomic E-state index is -2.36. The molecule has 11 atom stereocenters. The summed E-state index contributed by atoms with van der Waals surface area (Å²) in [6, 6.07) is 24.8. The zero-order valence-electron chi connectivity index (χ0n) is 36.4. The third-order valence-electron chi connectivity index (χ3n) is 13.7. The van der Waals surface area contributed by atoms with Gasteiger partial charge in [0.1, 0.15) is 23.9 Å². The molecule has 0 aromatic heterocycles. The number of esters is 4. The van der Waals surface area contributed by atoms with Gasteiger partial charge in [0.05, 0.1) is 35.6 Å². The van der Waals surface area contributed by atoms with Gasteiger partial charge in [-0.2, -0.15) is 0 Å². The fourth-order valence-electron chi connectivity index (χ4n) is 10.3. The summed E-state index contributed by atoms with van der Waals surface area (Å²) in [5, 5.41) is 43.9. The highest BCUT2D eigenvalue weighted by atomic mass is 32.1. The van der Waals surface area contributed by atoms with Crippen molar-refractivity contribution in [3.05, 3.63) is 119 Å². The summed E-state index contributed by atoms with van der Waals surface area (Å²) in [5.41, 5.74) is -6.06. The summed E-state index contributed by atoms with van der Waals surface area (Å²) in [4.78, 5) is 70.3. The quantitative estimate of drug-likeness (QED) is 0.0797. The molecule has 1 aliphatic heterocycles. The molecule has 15 nitrogen and oxygen atoms in total. The Balaban J connectivity index is 1.34. The van der Waals surface area contributed by atoms with Crippen molar-refractivity contribution in [2.75, 3.05) is 6.61 Å². The lowest BCUT2D eigenvalue weighted by atomic mass is 9.44. The van der Waals surface area contributed by atoms with Gasteiger partial charge in [0.25, 0.3) is 0 Å². The first-order valence-corrected chi connectivity index (χ1v) is 21.6. The molecule has 0 amide bonds. The molecule has 64 heavy (non-hydrogen) atoms. The van der Waals surface area contributed by atoms with Crippen LogP contribution in [0.25, 0.3) is 0 Å². The molecule has 2 saturated carbocycles. The summed E-state index contributed by atoms with van der Waals surface area (Å²) in [6.45, 7) is 8.46. The molecule has 0 spiro atoms. The highest BCUT2D eigenvalue weighted by Gasteiger charge is 2.78. The van der Waals surface area contributed by atoms with Gasteiger partial charge in [0.15, 0.2) is 28.7 Å².